The average Bonchev–Trinajstić information content (AvgIpc) is 2.65. The third kappa shape index (κ3) is 4.14. The molecule has 0 aromatic heterocycles. The maximum atomic E-state index is 9.38. The van der Waals surface area contributed by atoms with Gasteiger partial charge in [-0.3, -0.25) is 9.80 Å². The lowest BCUT2D eigenvalue weighted by molar-refractivity contribution is 0.0722. The van der Waals surface area contributed by atoms with Crippen molar-refractivity contribution < 1.29 is 9.84 Å². The molecule has 25 heavy (non-hydrogen) atoms. The standard InChI is InChI=1S/C21H26N2O2/c24-19-8-5-17(6-9-19)15-22-11-13-23(14-12-22)16-20-10-7-18-3-1-2-4-21(18)25-20/h1-6,8-9,20,24H,7,10-16H2. The summed E-state index contributed by atoms with van der Waals surface area (Å²) in [6, 6.07) is 16.0. The van der Waals surface area contributed by atoms with Gasteiger partial charge in [-0.25, -0.2) is 0 Å². The van der Waals surface area contributed by atoms with Crippen molar-refractivity contribution >= 4 is 0 Å². The number of benzene rings is 2. The molecule has 0 amide bonds. The third-order valence-corrected chi connectivity index (χ3v) is 5.27. The van der Waals surface area contributed by atoms with Crippen molar-refractivity contribution in [2.24, 2.45) is 0 Å². The summed E-state index contributed by atoms with van der Waals surface area (Å²) in [6.45, 7) is 6.36. The average molecular weight is 338 g/mol. The zero-order valence-electron chi connectivity index (χ0n) is 14.6. The number of nitrogens with zero attached hydrogens (tertiary/aromatic N) is 2. The molecule has 0 spiro atoms. The predicted molar refractivity (Wildman–Crippen MR) is 99.0 cm³/mol. The van der Waals surface area contributed by atoms with E-state index in [2.05, 4.69) is 34.1 Å². The predicted octanol–water partition coefficient (Wildman–Crippen LogP) is 2.90. The lowest BCUT2D eigenvalue weighted by Gasteiger charge is -2.37. The van der Waals surface area contributed by atoms with E-state index in [-0.39, 0.29) is 0 Å². The Morgan fingerprint density at radius 1 is 0.920 bits per heavy atom. The molecule has 2 aliphatic rings. The number of fused-ring (bicyclic) bond motifs is 1. The third-order valence-electron chi connectivity index (χ3n) is 5.27. The highest BCUT2D eigenvalue weighted by atomic mass is 16.5. The van der Waals surface area contributed by atoms with Crippen LogP contribution in [0, 0.1) is 0 Å². The Morgan fingerprint density at radius 2 is 1.64 bits per heavy atom. The first-order chi connectivity index (χ1) is 12.3. The molecule has 2 aliphatic heterocycles. The van der Waals surface area contributed by atoms with Crippen LogP contribution < -0.4 is 4.74 Å². The van der Waals surface area contributed by atoms with Gasteiger partial charge in [0.2, 0.25) is 0 Å². The van der Waals surface area contributed by atoms with E-state index in [1.54, 1.807) is 12.1 Å². The number of hydrogen-bond donors (Lipinski definition) is 1. The molecule has 1 atom stereocenters. The Morgan fingerprint density at radius 3 is 2.44 bits per heavy atom. The summed E-state index contributed by atoms with van der Waals surface area (Å²) < 4.78 is 6.19. The van der Waals surface area contributed by atoms with E-state index in [0.29, 0.717) is 11.9 Å². The molecule has 0 saturated carbocycles. The molecular weight excluding hydrogens is 312 g/mol. The van der Waals surface area contributed by atoms with Crippen LogP contribution in [0.3, 0.4) is 0 Å². The molecule has 4 rings (SSSR count). The number of phenolic OH excluding ortho intramolecular Hbond substituents is 1. The number of rotatable bonds is 4. The summed E-state index contributed by atoms with van der Waals surface area (Å²) in [5, 5.41) is 9.38. The van der Waals surface area contributed by atoms with Gasteiger partial charge < -0.3 is 9.84 Å². The van der Waals surface area contributed by atoms with Gasteiger partial charge in [-0.05, 0) is 42.2 Å². The molecule has 2 heterocycles. The quantitative estimate of drug-likeness (QED) is 0.930. The molecule has 0 bridgehead atoms. The molecule has 1 saturated heterocycles. The van der Waals surface area contributed by atoms with Gasteiger partial charge in [0.15, 0.2) is 0 Å². The largest absolute Gasteiger partial charge is 0.508 e. The number of para-hydroxylation sites is 1. The highest BCUT2D eigenvalue weighted by Gasteiger charge is 2.24. The zero-order chi connectivity index (χ0) is 17.1. The van der Waals surface area contributed by atoms with E-state index in [1.807, 2.05) is 12.1 Å². The van der Waals surface area contributed by atoms with E-state index in [0.717, 1.165) is 57.9 Å². The molecule has 0 aliphatic carbocycles. The number of hydrogen-bond acceptors (Lipinski definition) is 4. The summed E-state index contributed by atoms with van der Waals surface area (Å²) >= 11 is 0. The summed E-state index contributed by atoms with van der Waals surface area (Å²) in [5.74, 6) is 1.41. The van der Waals surface area contributed by atoms with Crippen molar-refractivity contribution in [3.05, 3.63) is 59.7 Å². The Balaban J connectivity index is 1.25. The number of phenols is 1. The van der Waals surface area contributed by atoms with Crippen LogP contribution in [0.15, 0.2) is 48.5 Å². The van der Waals surface area contributed by atoms with Gasteiger partial charge >= 0.3 is 0 Å². The molecule has 2 aromatic rings. The van der Waals surface area contributed by atoms with Crippen molar-refractivity contribution in [1.82, 2.24) is 9.80 Å². The van der Waals surface area contributed by atoms with Crippen molar-refractivity contribution in [3.8, 4) is 11.5 Å². The van der Waals surface area contributed by atoms with Gasteiger partial charge in [0, 0.05) is 39.3 Å². The monoisotopic (exact) mass is 338 g/mol. The van der Waals surface area contributed by atoms with Gasteiger partial charge in [-0.2, -0.15) is 0 Å². The van der Waals surface area contributed by atoms with Gasteiger partial charge in [-0.15, -0.1) is 0 Å². The van der Waals surface area contributed by atoms with Crippen LogP contribution in [0.5, 0.6) is 11.5 Å². The minimum Gasteiger partial charge on any atom is -0.508 e. The minimum atomic E-state index is 0.318. The van der Waals surface area contributed by atoms with Crippen LogP contribution in [0.25, 0.3) is 0 Å². The first-order valence-electron chi connectivity index (χ1n) is 9.23. The first-order valence-corrected chi connectivity index (χ1v) is 9.23. The number of piperazine rings is 1. The van der Waals surface area contributed by atoms with Crippen LogP contribution in [-0.4, -0.2) is 53.7 Å². The van der Waals surface area contributed by atoms with E-state index in [9.17, 15) is 5.11 Å². The van der Waals surface area contributed by atoms with Gasteiger partial charge in [0.05, 0.1) is 0 Å². The van der Waals surface area contributed by atoms with Crippen LogP contribution in [0.4, 0.5) is 0 Å². The highest BCUT2D eigenvalue weighted by molar-refractivity contribution is 5.35. The van der Waals surface area contributed by atoms with Crippen LogP contribution in [0.1, 0.15) is 17.5 Å². The second-order valence-corrected chi connectivity index (χ2v) is 7.13. The molecule has 2 aromatic carbocycles. The fraction of sp³-hybridized carbons (Fsp3) is 0.429. The van der Waals surface area contributed by atoms with E-state index >= 15 is 0 Å². The lowest BCUT2D eigenvalue weighted by atomic mass is 10.0. The van der Waals surface area contributed by atoms with Crippen molar-refractivity contribution in [2.75, 3.05) is 32.7 Å². The fourth-order valence-corrected chi connectivity index (χ4v) is 3.79. The minimum absolute atomic E-state index is 0.318. The molecule has 4 heteroatoms. The van der Waals surface area contributed by atoms with Gasteiger partial charge in [-0.1, -0.05) is 30.3 Å². The summed E-state index contributed by atoms with van der Waals surface area (Å²) in [6.07, 6.45) is 2.56. The van der Waals surface area contributed by atoms with Crippen molar-refractivity contribution in [1.29, 1.82) is 0 Å². The van der Waals surface area contributed by atoms with Crippen LogP contribution in [-0.2, 0) is 13.0 Å². The zero-order valence-corrected chi connectivity index (χ0v) is 14.6. The summed E-state index contributed by atoms with van der Waals surface area (Å²) in [4.78, 5) is 5.02. The van der Waals surface area contributed by atoms with Gasteiger partial charge in [0.25, 0.3) is 0 Å². The highest BCUT2D eigenvalue weighted by Crippen LogP contribution is 2.27. The maximum absolute atomic E-state index is 9.38. The molecule has 1 fully saturated rings. The lowest BCUT2D eigenvalue weighted by Crippen LogP contribution is -2.49. The number of ether oxygens (including phenoxy) is 1. The molecule has 0 radical (unpaired) electrons. The molecule has 1 unspecified atom stereocenters. The van der Waals surface area contributed by atoms with Crippen molar-refractivity contribution in [2.45, 2.75) is 25.5 Å². The molecule has 4 nitrogen and oxygen atoms in total. The Hall–Kier alpha value is -2.04. The normalized spacial score (nSPS) is 21.5. The molecule has 1 N–H and O–H groups in total. The topological polar surface area (TPSA) is 35.9 Å². The van der Waals surface area contributed by atoms with E-state index in [1.165, 1.54) is 11.1 Å². The summed E-state index contributed by atoms with van der Waals surface area (Å²) in [7, 11) is 0. The SMILES string of the molecule is Oc1ccc(CN2CCN(CC3CCc4ccccc4O3)CC2)cc1. The van der Waals surface area contributed by atoms with Gasteiger partial charge in [0.1, 0.15) is 17.6 Å². The first kappa shape index (κ1) is 16.4. The number of aryl methyl sites for hydroxylation is 1. The summed E-state index contributed by atoms with van der Waals surface area (Å²) in [5.41, 5.74) is 2.61. The van der Waals surface area contributed by atoms with Crippen molar-refractivity contribution in [3.63, 3.8) is 0 Å². The fourth-order valence-electron chi connectivity index (χ4n) is 3.79. The van der Waals surface area contributed by atoms with Crippen LogP contribution in [0.2, 0.25) is 0 Å². The smallest absolute Gasteiger partial charge is 0.122 e. The molecular formula is C21H26N2O2. The molecule has 132 valence electrons. The van der Waals surface area contributed by atoms with E-state index < -0.39 is 0 Å². The Labute approximate surface area is 149 Å². The Bertz CT molecular complexity index is 693. The Kier molecular flexibility index (Phi) is 4.90. The number of aromatic hydroxyl groups is 1. The maximum Gasteiger partial charge on any atom is 0.122 e. The second-order valence-electron chi connectivity index (χ2n) is 7.13. The second kappa shape index (κ2) is 7.46. The van der Waals surface area contributed by atoms with Crippen LogP contribution >= 0.6 is 0 Å². The van der Waals surface area contributed by atoms with E-state index in [4.69, 9.17) is 4.74 Å².